The number of ether oxygens (including phenoxy) is 1. The van der Waals surface area contributed by atoms with E-state index in [1.54, 1.807) is 24.3 Å². The van der Waals surface area contributed by atoms with Gasteiger partial charge in [-0.15, -0.1) is 12.4 Å². The maximum atomic E-state index is 14.0. The van der Waals surface area contributed by atoms with E-state index in [1.165, 1.54) is 18.2 Å². The van der Waals surface area contributed by atoms with Crippen molar-refractivity contribution in [1.82, 2.24) is 19.9 Å². The summed E-state index contributed by atoms with van der Waals surface area (Å²) in [6.45, 7) is -0.248. The van der Waals surface area contributed by atoms with E-state index in [9.17, 15) is 22.4 Å². The minimum atomic E-state index is -4.79. The molecular formula is C30H19ClF4N4O2. The lowest BCUT2D eigenvalue weighted by Crippen LogP contribution is -2.17. The molecule has 5 aromatic rings. The number of H-pyrrole nitrogens is 1. The lowest BCUT2D eigenvalue weighted by Gasteiger charge is -2.17. The quantitative estimate of drug-likeness (QED) is 0.191. The Morgan fingerprint density at radius 2 is 1.54 bits per heavy atom. The van der Waals surface area contributed by atoms with Gasteiger partial charge in [-0.25, -0.2) is 14.2 Å². The van der Waals surface area contributed by atoms with Gasteiger partial charge >= 0.3 is 11.9 Å². The van der Waals surface area contributed by atoms with E-state index >= 15 is 0 Å². The van der Waals surface area contributed by atoms with Gasteiger partial charge in [-0.3, -0.25) is 9.97 Å². The van der Waals surface area contributed by atoms with Crippen molar-refractivity contribution in [1.29, 1.82) is 0 Å². The lowest BCUT2D eigenvalue weighted by atomic mass is 10.0. The van der Waals surface area contributed by atoms with Gasteiger partial charge in [0.15, 0.2) is 5.82 Å². The Morgan fingerprint density at radius 1 is 0.829 bits per heavy atom. The first kappa shape index (κ1) is 29.0. The fourth-order valence-corrected chi connectivity index (χ4v) is 3.78. The van der Waals surface area contributed by atoms with Crippen molar-refractivity contribution in [3.05, 3.63) is 130 Å². The number of nitrogens with one attached hydrogen (secondary N) is 1. The summed E-state index contributed by atoms with van der Waals surface area (Å²) in [4.78, 5) is 26.7. The van der Waals surface area contributed by atoms with Crippen LogP contribution in [0.1, 0.15) is 22.4 Å². The molecule has 0 fully saturated rings. The first-order valence-corrected chi connectivity index (χ1v) is 11.9. The van der Waals surface area contributed by atoms with Crippen LogP contribution in [0.3, 0.4) is 0 Å². The zero-order valence-corrected chi connectivity index (χ0v) is 21.8. The van der Waals surface area contributed by atoms with Gasteiger partial charge in [0.2, 0.25) is 0 Å². The number of benzene rings is 3. The maximum absolute atomic E-state index is 14.0. The van der Waals surface area contributed by atoms with Crippen LogP contribution >= 0.6 is 12.4 Å². The number of aromatic amines is 1. The van der Waals surface area contributed by atoms with Crippen molar-refractivity contribution in [2.75, 3.05) is 0 Å². The highest BCUT2D eigenvalue weighted by Gasteiger charge is 2.36. The molecule has 2 aromatic heterocycles. The number of alkyl halides is 3. The molecule has 0 spiro atoms. The third kappa shape index (κ3) is 7.15. The van der Waals surface area contributed by atoms with Crippen molar-refractivity contribution >= 4 is 12.4 Å². The molecule has 0 saturated carbocycles. The largest absolute Gasteiger partial charge is 0.487 e. The zero-order chi connectivity index (χ0) is 28.1. The van der Waals surface area contributed by atoms with E-state index in [0.29, 0.717) is 11.1 Å². The fraction of sp³-hybridized carbons (Fsp3) is 0.0667. The Kier molecular flexibility index (Phi) is 8.80. The molecule has 0 aliphatic heterocycles. The molecule has 0 amide bonds. The van der Waals surface area contributed by atoms with Crippen molar-refractivity contribution < 1.29 is 22.3 Å². The Balaban J connectivity index is 0.00000387. The molecule has 0 atom stereocenters. The van der Waals surface area contributed by atoms with Crippen molar-refractivity contribution in [3.63, 3.8) is 0 Å². The highest BCUT2D eigenvalue weighted by Crippen LogP contribution is 2.41. The minimum absolute atomic E-state index is 0. The van der Waals surface area contributed by atoms with Crippen LogP contribution in [-0.2, 0) is 12.8 Å². The molecular weight excluding hydrogens is 560 g/mol. The molecule has 41 heavy (non-hydrogen) atoms. The van der Waals surface area contributed by atoms with Crippen molar-refractivity contribution in [2.24, 2.45) is 0 Å². The number of hydrogen-bond donors (Lipinski definition) is 1. The Hall–Kier alpha value is -5.01. The number of nitrogens with zero attached hydrogens (tertiary/aromatic N) is 3. The molecule has 11 heteroatoms. The van der Waals surface area contributed by atoms with Crippen LogP contribution in [0.25, 0.3) is 22.8 Å². The van der Waals surface area contributed by atoms with Crippen LogP contribution in [0.5, 0.6) is 5.75 Å². The van der Waals surface area contributed by atoms with Crippen molar-refractivity contribution in [3.8, 4) is 40.4 Å². The summed E-state index contributed by atoms with van der Waals surface area (Å²) in [7, 11) is 0. The molecule has 206 valence electrons. The smallest absolute Gasteiger partial charge is 0.417 e. The van der Waals surface area contributed by atoms with Crippen LogP contribution in [0, 0.1) is 17.7 Å². The van der Waals surface area contributed by atoms with Crippen LogP contribution < -0.4 is 10.4 Å². The highest BCUT2D eigenvalue weighted by atomic mass is 35.5. The zero-order valence-electron chi connectivity index (χ0n) is 20.9. The highest BCUT2D eigenvalue weighted by molar-refractivity contribution is 5.85. The van der Waals surface area contributed by atoms with Gasteiger partial charge < -0.3 is 4.74 Å². The third-order valence-corrected chi connectivity index (χ3v) is 5.65. The summed E-state index contributed by atoms with van der Waals surface area (Å²) in [5.41, 5.74) is -0.212. The molecule has 6 nitrogen and oxygen atoms in total. The first-order chi connectivity index (χ1) is 19.3. The van der Waals surface area contributed by atoms with E-state index in [-0.39, 0.29) is 42.1 Å². The Morgan fingerprint density at radius 3 is 2.20 bits per heavy atom. The van der Waals surface area contributed by atoms with Crippen LogP contribution in [0.15, 0.2) is 95.9 Å². The third-order valence-electron chi connectivity index (χ3n) is 5.65. The topological polar surface area (TPSA) is 80.8 Å². The average molecular weight is 579 g/mol. The van der Waals surface area contributed by atoms with Gasteiger partial charge in [0.25, 0.3) is 0 Å². The second kappa shape index (κ2) is 12.4. The minimum Gasteiger partial charge on any atom is -0.487 e. The second-order valence-corrected chi connectivity index (χ2v) is 8.45. The molecule has 5 rings (SSSR count). The summed E-state index contributed by atoms with van der Waals surface area (Å²) in [5, 5.41) is 0. The summed E-state index contributed by atoms with van der Waals surface area (Å²) >= 11 is 0. The molecule has 3 aromatic carbocycles. The Bertz CT molecular complexity index is 1760. The Labute approximate surface area is 237 Å². The van der Waals surface area contributed by atoms with Crippen LogP contribution in [-0.4, -0.2) is 19.9 Å². The molecule has 0 saturated heterocycles. The first-order valence-electron chi connectivity index (χ1n) is 11.9. The number of rotatable bonds is 5. The molecule has 0 aliphatic carbocycles. The summed E-state index contributed by atoms with van der Waals surface area (Å²) < 4.78 is 60.9. The normalized spacial score (nSPS) is 10.7. The van der Waals surface area contributed by atoms with Gasteiger partial charge in [0.05, 0.1) is 23.0 Å². The fourth-order valence-electron chi connectivity index (χ4n) is 3.78. The molecule has 1 N–H and O–H groups in total. The predicted octanol–water partition coefficient (Wildman–Crippen LogP) is 6.45. The van der Waals surface area contributed by atoms with E-state index in [1.807, 2.05) is 30.3 Å². The summed E-state index contributed by atoms with van der Waals surface area (Å²) in [5.74, 6) is 4.84. The van der Waals surface area contributed by atoms with Crippen LogP contribution in [0.4, 0.5) is 17.6 Å². The van der Waals surface area contributed by atoms with Gasteiger partial charge in [-0.1, -0.05) is 36.1 Å². The average Bonchev–Trinajstić information content (AvgIpc) is 2.95. The van der Waals surface area contributed by atoms with E-state index in [4.69, 9.17) is 4.74 Å². The van der Waals surface area contributed by atoms with Gasteiger partial charge in [-0.05, 0) is 60.7 Å². The predicted molar refractivity (Wildman–Crippen MR) is 147 cm³/mol. The summed E-state index contributed by atoms with van der Waals surface area (Å²) in [6.07, 6.45) is -3.82. The second-order valence-electron chi connectivity index (χ2n) is 8.45. The maximum Gasteiger partial charge on any atom is 0.417 e. The standard InChI is InChI=1S/C30H18F4N4O2.ClH/c31-22-15-16-23(35-17-22)18-40-25-8-4-7-24(30(32,33)34)26(25)28-36-27(37-29(39)38-28)21-13-11-20(12-14-21)10-9-19-5-2-1-3-6-19;/h1-8,11-17H,18H2,(H,36,37,38,39);1H. The molecule has 0 aliphatic rings. The monoisotopic (exact) mass is 578 g/mol. The number of hydrogen-bond acceptors (Lipinski definition) is 5. The van der Waals surface area contributed by atoms with Crippen LogP contribution in [0.2, 0.25) is 0 Å². The SMILES string of the molecule is Cl.O=c1nc(-c2ccc(C#Cc3ccccc3)cc2)nc(-c2c(OCc3ccc(F)cn3)cccc2C(F)(F)F)[nH]1. The van der Waals surface area contributed by atoms with E-state index < -0.39 is 28.8 Å². The lowest BCUT2D eigenvalue weighted by molar-refractivity contribution is -0.137. The van der Waals surface area contributed by atoms with Crippen molar-refractivity contribution in [2.45, 2.75) is 12.8 Å². The van der Waals surface area contributed by atoms with Gasteiger partial charge in [0, 0.05) is 16.7 Å². The number of halogens is 5. The van der Waals surface area contributed by atoms with E-state index in [0.717, 1.165) is 23.9 Å². The molecule has 0 bridgehead atoms. The molecule has 2 heterocycles. The van der Waals surface area contributed by atoms with Gasteiger partial charge in [-0.2, -0.15) is 18.2 Å². The molecule has 0 radical (unpaired) electrons. The number of aromatic nitrogens is 4. The summed E-state index contributed by atoms with van der Waals surface area (Å²) in [6, 6.07) is 21.9. The number of pyridine rings is 1. The molecule has 0 unspecified atom stereocenters. The van der Waals surface area contributed by atoms with E-state index in [2.05, 4.69) is 31.8 Å². The van der Waals surface area contributed by atoms with Gasteiger partial charge in [0.1, 0.15) is 24.0 Å².